The van der Waals surface area contributed by atoms with Crippen LogP contribution in [0.2, 0.25) is 0 Å². The number of allylic oxidation sites excluding steroid dienone is 1. The van der Waals surface area contributed by atoms with E-state index in [4.69, 9.17) is 10.5 Å². The van der Waals surface area contributed by atoms with Crippen LogP contribution in [0, 0.1) is 11.8 Å². The van der Waals surface area contributed by atoms with Crippen LogP contribution in [0.25, 0.3) is 5.57 Å². The molecule has 2 aromatic heterocycles. The van der Waals surface area contributed by atoms with E-state index < -0.39 is 0 Å². The number of anilines is 1. The summed E-state index contributed by atoms with van der Waals surface area (Å²) in [5.74, 6) is 0.686. The number of hydrogen-bond acceptors (Lipinski definition) is 7. The molecule has 0 atom stereocenters. The Morgan fingerprint density at radius 1 is 1.03 bits per heavy atom. The number of piperidine rings is 2. The number of ether oxygens (including phenoxy) is 1. The van der Waals surface area contributed by atoms with E-state index in [1.54, 1.807) is 18.5 Å². The Bertz CT molecular complexity index is 1010. The number of carbonyl (C=O) groups is 2. The van der Waals surface area contributed by atoms with Gasteiger partial charge in [-0.2, -0.15) is 0 Å². The molecule has 2 aromatic rings. The maximum Gasteiger partial charge on any atom is 0.330 e. The number of nitrogens with two attached hydrogens (primary N) is 1. The van der Waals surface area contributed by atoms with Crippen molar-refractivity contribution in [2.45, 2.75) is 32.2 Å². The van der Waals surface area contributed by atoms with Crippen molar-refractivity contribution in [1.29, 1.82) is 0 Å². The van der Waals surface area contributed by atoms with Gasteiger partial charge in [0.25, 0.3) is 0 Å². The molecule has 0 saturated carbocycles. The average molecular weight is 464 g/mol. The standard InChI is InChI=1S/C26H33N5O3/c1-34-25(32)17-22(23-4-2-3-10-28-23)20-8-14-31(15-9-20)26(33)21-6-12-30(13-7-21)18-19-5-11-29-24(27)16-19/h2-5,10-11,16-17,20-21H,6-9,12-15,18H2,1H3,(H2,27,29)/b22-17-. The second-order valence-electron chi connectivity index (χ2n) is 9.08. The highest BCUT2D eigenvalue weighted by molar-refractivity contribution is 5.91. The van der Waals surface area contributed by atoms with Crippen molar-refractivity contribution >= 4 is 23.3 Å². The minimum absolute atomic E-state index is 0.0798. The third-order valence-corrected chi connectivity index (χ3v) is 6.87. The first-order valence-electron chi connectivity index (χ1n) is 12.0. The summed E-state index contributed by atoms with van der Waals surface area (Å²) in [5.41, 5.74) is 8.63. The molecule has 0 aromatic carbocycles. The van der Waals surface area contributed by atoms with Gasteiger partial charge in [0.15, 0.2) is 0 Å². The van der Waals surface area contributed by atoms with Crippen LogP contribution in [0.3, 0.4) is 0 Å². The number of nitrogen functional groups attached to an aromatic ring is 1. The molecule has 2 aliphatic rings. The van der Waals surface area contributed by atoms with Crippen LogP contribution in [0.15, 0.2) is 48.8 Å². The van der Waals surface area contributed by atoms with E-state index in [2.05, 4.69) is 14.9 Å². The van der Waals surface area contributed by atoms with Crippen molar-refractivity contribution in [1.82, 2.24) is 19.8 Å². The van der Waals surface area contributed by atoms with Gasteiger partial charge in [0.05, 0.1) is 12.8 Å². The first-order chi connectivity index (χ1) is 16.5. The van der Waals surface area contributed by atoms with Gasteiger partial charge < -0.3 is 15.4 Å². The summed E-state index contributed by atoms with van der Waals surface area (Å²) in [7, 11) is 1.38. The van der Waals surface area contributed by atoms with E-state index >= 15 is 0 Å². The molecule has 4 rings (SSSR count). The maximum absolute atomic E-state index is 13.2. The van der Waals surface area contributed by atoms with Gasteiger partial charge in [-0.05, 0) is 80.1 Å². The van der Waals surface area contributed by atoms with Gasteiger partial charge in [0.2, 0.25) is 5.91 Å². The SMILES string of the molecule is COC(=O)/C=C(\c1ccccn1)C1CCN(C(=O)C2CCN(Cc3ccnc(N)c3)CC2)CC1. The Labute approximate surface area is 200 Å². The van der Waals surface area contributed by atoms with Gasteiger partial charge in [-0.3, -0.25) is 14.7 Å². The summed E-state index contributed by atoms with van der Waals surface area (Å²) in [6.07, 6.45) is 8.40. The summed E-state index contributed by atoms with van der Waals surface area (Å²) in [6, 6.07) is 9.60. The minimum Gasteiger partial charge on any atom is -0.466 e. The van der Waals surface area contributed by atoms with Gasteiger partial charge in [-0.1, -0.05) is 6.07 Å². The predicted octanol–water partition coefficient (Wildman–Crippen LogP) is 2.77. The summed E-state index contributed by atoms with van der Waals surface area (Å²) < 4.78 is 4.86. The second kappa shape index (κ2) is 11.2. The normalized spacial score (nSPS) is 18.6. The molecule has 2 N–H and O–H groups in total. The van der Waals surface area contributed by atoms with Gasteiger partial charge >= 0.3 is 5.97 Å². The maximum atomic E-state index is 13.2. The van der Waals surface area contributed by atoms with Crippen LogP contribution < -0.4 is 5.73 Å². The highest BCUT2D eigenvalue weighted by atomic mass is 16.5. The van der Waals surface area contributed by atoms with E-state index in [-0.39, 0.29) is 23.7 Å². The second-order valence-corrected chi connectivity index (χ2v) is 9.08. The Hall–Kier alpha value is -3.26. The van der Waals surface area contributed by atoms with Crippen molar-refractivity contribution in [3.63, 3.8) is 0 Å². The fraction of sp³-hybridized carbons (Fsp3) is 0.462. The number of nitrogens with zero attached hydrogens (tertiary/aromatic N) is 4. The van der Waals surface area contributed by atoms with Crippen LogP contribution in [-0.2, 0) is 20.9 Å². The lowest BCUT2D eigenvalue weighted by molar-refractivity contribution is -0.138. The summed E-state index contributed by atoms with van der Waals surface area (Å²) in [6.45, 7) is 4.04. The number of aromatic nitrogens is 2. The molecule has 0 radical (unpaired) electrons. The number of hydrogen-bond donors (Lipinski definition) is 1. The lowest BCUT2D eigenvalue weighted by Gasteiger charge is -2.37. The average Bonchev–Trinajstić information content (AvgIpc) is 2.88. The number of carbonyl (C=O) groups excluding carboxylic acids is 2. The Morgan fingerprint density at radius 3 is 2.41 bits per heavy atom. The first kappa shape index (κ1) is 23.9. The third kappa shape index (κ3) is 5.99. The lowest BCUT2D eigenvalue weighted by Crippen LogP contribution is -2.45. The molecule has 8 heteroatoms. The quantitative estimate of drug-likeness (QED) is 0.519. The molecule has 34 heavy (non-hydrogen) atoms. The summed E-state index contributed by atoms with van der Waals surface area (Å²) in [4.78, 5) is 38.1. The van der Waals surface area contributed by atoms with Crippen LogP contribution in [0.4, 0.5) is 5.82 Å². The van der Waals surface area contributed by atoms with Crippen LogP contribution in [0.1, 0.15) is 36.9 Å². The van der Waals surface area contributed by atoms with E-state index in [1.807, 2.05) is 35.2 Å². The molecule has 0 bridgehead atoms. The van der Waals surface area contributed by atoms with Crippen LogP contribution in [-0.4, -0.2) is 64.9 Å². The van der Waals surface area contributed by atoms with Crippen LogP contribution >= 0.6 is 0 Å². The number of methoxy groups -OCH3 is 1. The molecular weight excluding hydrogens is 430 g/mol. The van der Waals surface area contributed by atoms with Gasteiger partial charge in [0, 0.05) is 44.0 Å². The largest absolute Gasteiger partial charge is 0.466 e. The van der Waals surface area contributed by atoms with Crippen molar-refractivity contribution in [3.8, 4) is 0 Å². The molecule has 8 nitrogen and oxygen atoms in total. The highest BCUT2D eigenvalue weighted by Crippen LogP contribution is 2.32. The van der Waals surface area contributed by atoms with Gasteiger partial charge in [-0.25, -0.2) is 9.78 Å². The van der Waals surface area contributed by atoms with Gasteiger partial charge in [-0.15, -0.1) is 0 Å². The number of esters is 1. The van der Waals surface area contributed by atoms with E-state index in [9.17, 15) is 9.59 Å². The zero-order valence-corrected chi connectivity index (χ0v) is 19.7. The summed E-state index contributed by atoms with van der Waals surface area (Å²) >= 11 is 0. The predicted molar refractivity (Wildman–Crippen MR) is 130 cm³/mol. The minimum atomic E-state index is -0.375. The molecule has 2 fully saturated rings. The van der Waals surface area contributed by atoms with Crippen molar-refractivity contribution in [2.75, 3.05) is 39.0 Å². The lowest BCUT2D eigenvalue weighted by atomic mass is 9.85. The van der Waals surface area contributed by atoms with E-state index in [1.165, 1.54) is 7.11 Å². The fourth-order valence-electron chi connectivity index (χ4n) is 4.98. The zero-order valence-electron chi connectivity index (χ0n) is 19.7. The molecule has 0 aliphatic carbocycles. The number of likely N-dealkylation sites (tertiary alicyclic amines) is 2. The van der Waals surface area contributed by atoms with E-state index in [0.717, 1.165) is 62.1 Å². The molecule has 180 valence electrons. The van der Waals surface area contributed by atoms with Crippen LogP contribution in [0.5, 0.6) is 0 Å². The zero-order chi connectivity index (χ0) is 23.9. The van der Waals surface area contributed by atoms with Crippen molar-refractivity contribution in [2.24, 2.45) is 11.8 Å². The smallest absolute Gasteiger partial charge is 0.330 e. The Kier molecular flexibility index (Phi) is 7.90. The number of amides is 1. The molecule has 2 aliphatic heterocycles. The molecular formula is C26H33N5O3. The molecule has 2 saturated heterocycles. The van der Waals surface area contributed by atoms with Crippen molar-refractivity contribution < 1.29 is 14.3 Å². The van der Waals surface area contributed by atoms with Crippen molar-refractivity contribution in [3.05, 3.63) is 60.1 Å². The monoisotopic (exact) mass is 463 g/mol. The fourth-order valence-corrected chi connectivity index (χ4v) is 4.98. The molecule has 0 unspecified atom stereocenters. The summed E-state index contributed by atoms with van der Waals surface area (Å²) in [5, 5.41) is 0. The van der Waals surface area contributed by atoms with E-state index in [0.29, 0.717) is 18.9 Å². The Morgan fingerprint density at radius 2 is 1.76 bits per heavy atom. The first-order valence-corrected chi connectivity index (χ1v) is 12.0. The molecule has 1 amide bonds. The number of rotatable bonds is 6. The Balaban J connectivity index is 1.30. The van der Waals surface area contributed by atoms with Gasteiger partial charge in [0.1, 0.15) is 5.82 Å². The molecule has 0 spiro atoms. The molecule has 4 heterocycles. The topological polar surface area (TPSA) is 102 Å². The highest BCUT2D eigenvalue weighted by Gasteiger charge is 2.32. The number of pyridine rings is 2. The third-order valence-electron chi connectivity index (χ3n) is 6.87.